The van der Waals surface area contributed by atoms with Crippen LogP contribution in [0.1, 0.15) is 23.5 Å². The van der Waals surface area contributed by atoms with Crippen LogP contribution in [0.4, 0.5) is 5.69 Å². The second kappa shape index (κ2) is 6.36. The number of fused-ring (bicyclic) bond motifs is 3. The van der Waals surface area contributed by atoms with Crippen molar-refractivity contribution in [2.75, 3.05) is 26.1 Å². The standard InChI is InChI=1S/C20H23NO3/c1-22-17-8-7-13(11-18(17)23-2)12-19-20-15(9-10-24-19)14-5-3-4-6-16(14)21-20/h3-8,11,15,19-21H,9-10,12H2,1-2H3/t15-,19+,20-/m0/s1. The van der Waals surface area contributed by atoms with Gasteiger partial charge in [-0.1, -0.05) is 24.3 Å². The fourth-order valence-corrected chi connectivity index (χ4v) is 3.99. The molecule has 2 aliphatic rings. The van der Waals surface area contributed by atoms with Crippen molar-refractivity contribution in [1.29, 1.82) is 0 Å². The summed E-state index contributed by atoms with van der Waals surface area (Å²) in [6.45, 7) is 0.815. The van der Waals surface area contributed by atoms with Crippen LogP contribution in [0.25, 0.3) is 0 Å². The molecule has 4 rings (SSSR count). The molecule has 0 spiro atoms. The van der Waals surface area contributed by atoms with Gasteiger partial charge in [0.05, 0.1) is 26.4 Å². The molecular weight excluding hydrogens is 302 g/mol. The number of anilines is 1. The monoisotopic (exact) mass is 325 g/mol. The van der Waals surface area contributed by atoms with Gasteiger partial charge in [0.15, 0.2) is 11.5 Å². The lowest BCUT2D eigenvalue weighted by molar-refractivity contribution is 0.000643. The molecule has 0 saturated carbocycles. The summed E-state index contributed by atoms with van der Waals surface area (Å²) in [5.74, 6) is 2.07. The third kappa shape index (κ3) is 2.61. The van der Waals surface area contributed by atoms with Crippen LogP contribution in [-0.2, 0) is 11.2 Å². The van der Waals surface area contributed by atoms with E-state index >= 15 is 0 Å². The minimum absolute atomic E-state index is 0.161. The van der Waals surface area contributed by atoms with Gasteiger partial charge >= 0.3 is 0 Å². The third-order valence-electron chi connectivity index (χ3n) is 5.16. The van der Waals surface area contributed by atoms with Gasteiger partial charge in [0, 0.05) is 24.6 Å². The molecule has 1 fully saturated rings. The van der Waals surface area contributed by atoms with Crippen molar-refractivity contribution in [2.24, 2.45) is 0 Å². The molecule has 0 amide bonds. The van der Waals surface area contributed by atoms with E-state index in [0.29, 0.717) is 12.0 Å². The summed E-state index contributed by atoms with van der Waals surface area (Å²) in [5, 5.41) is 3.68. The Bertz CT molecular complexity index is 731. The summed E-state index contributed by atoms with van der Waals surface area (Å²) in [7, 11) is 3.33. The molecule has 0 aliphatic carbocycles. The first kappa shape index (κ1) is 15.3. The van der Waals surface area contributed by atoms with Crippen LogP contribution in [0.5, 0.6) is 11.5 Å². The predicted octanol–water partition coefficient (Wildman–Crippen LogP) is 3.61. The van der Waals surface area contributed by atoms with E-state index < -0.39 is 0 Å². The normalized spacial score (nSPS) is 24.7. The van der Waals surface area contributed by atoms with Gasteiger partial charge in [0.1, 0.15) is 0 Å². The lowest BCUT2D eigenvalue weighted by atomic mass is 9.85. The molecule has 2 aromatic carbocycles. The van der Waals surface area contributed by atoms with Gasteiger partial charge in [-0.2, -0.15) is 0 Å². The Morgan fingerprint density at radius 1 is 1.08 bits per heavy atom. The van der Waals surface area contributed by atoms with E-state index in [0.717, 1.165) is 30.9 Å². The molecule has 126 valence electrons. The van der Waals surface area contributed by atoms with Gasteiger partial charge in [0.2, 0.25) is 0 Å². The van der Waals surface area contributed by atoms with E-state index in [9.17, 15) is 0 Å². The summed E-state index contributed by atoms with van der Waals surface area (Å²) in [6.07, 6.45) is 2.11. The van der Waals surface area contributed by atoms with Crippen molar-refractivity contribution in [3.05, 3.63) is 53.6 Å². The summed E-state index contributed by atoms with van der Waals surface area (Å²) >= 11 is 0. The van der Waals surface area contributed by atoms with E-state index in [1.165, 1.54) is 16.8 Å². The Hall–Kier alpha value is -2.20. The van der Waals surface area contributed by atoms with Gasteiger partial charge in [-0.3, -0.25) is 0 Å². The zero-order valence-electron chi connectivity index (χ0n) is 14.1. The van der Waals surface area contributed by atoms with Crippen molar-refractivity contribution < 1.29 is 14.2 Å². The van der Waals surface area contributed by atoms with Gasteiger partial charge in [0.25, 0.3) is 0 Å². The van der Waals surface area contributed by atoms with Crippen LogP contribution in [0.15, 0.2) is 42.5 Å². The van der Waals surface area contributed by atoms with Crippen molar-refractivity contribution in [3.8, 4) is 11.5 Å². The van der Waals surface area contributed by atoms with Gasteiger partial charge < -0.3 is 19.5 Å². The Kier molecular flexibility index (Phi) is 4.07. The van der Waals surface area contributed by atoms with Gasteiger partial charge in [-0.05, 0) is 35.7 Å². The molecule has 2 aromatic rings. The summed E-state index contributed by atoms with van der Waals surface area (Å²) in [6, 6.07) is 15.1. The molecule has 0 radical (unpaired) electrons. The zero-order chi connectivity index (χ0) is 16.5. The molecule has 2 heterocycles. The first-order chi connectivity index (χ1) is 11.8. The molecule has 3 atom stereocenters. The highest BCUT2D eigenvalue weighted by atomic mass is 16.5. The number of nitrogens with one attached hydrogen (secondary N) is 1. The van der Waals surface area contributed by atoms with Crippen LogP contribution in [-0.4, -0.2) is 33.0 Å². The third-order valence-corrected chi connectivity index (χ3v) is 5.16. The maximum absolute atomic E-state index is 6.12. The number of rotatable bonds is 4. The summed E-state index contributed by atoms with van der Waals surface area (Å²) < 4.78 is 16.9. The molecule has 0 unspecified atom stereocenters. The van der Waals surface area contributed by atoms with E-state index in [-0.39, 0.29) is 6.10 Å². The average Bonchev–Trinajstić information content (AvgIpc) is 3.01. The summed E-state index contributed by atoms with van der Waals surface area (Å²) in [5.41, 5.74) is 3.90. The van der Waals surface area contributed by atoms with Crippen molar-refractivity contribution in [1.82, 2.24) is 0 Å². The number of hydrogen-bond acceptors (Lipinski definition) is 4. The molecule has 0 aromatic heterocycles. The topological polar surface area (TPSA) is 39.7 Å². The molecule has 4 nitrogen and oxygen atoms in total. The highest BCUT2D eigenvalue weighted by molar-refractivity contribution is 5.60. The highest BCUT2D eigenvalue weighted by Gasteiger charge is 2.40. The molecule has 4 heteroatoms. The van der Waals surface area contributed by atoms with Crippen LogP contribution >= 0.6 is 0 Å². The van der Waals surface area contributed by atoms with E-state index in [1.54, 1.807) is 14.2 Å². The number of benzene rings is 2. The van der Waals surface area contributed by atoms with Gasteiger partial charge in [-0.15, -0.1) is 0 Å². The smallest absolute Gasteiger partial charge is 0.160 e. The Balaban J connectivity index is 1.55. The minimum Gasteiger partial charge on any atom is -0.493 e. The number of para-hydroxylation sites is 1. The highest BCUT2D eigenvalue weighted by Crippen LogP contribution is 2.43. The number of ether oxygens (including phenoxy) is 3. The van der Waals surface area contributed by atoms with Crippen molar-refractivity contribution in [3.63, 3.8) is 0 Å². The molecule has 2 aliphatic heterocycles. The molecule has 1 N–H and O–H groups in total. The molecule has 1 saturated heterocycles. The lowest BCUT2D eigenvalue weighted by Crippen LogP contribution is -2.42. The Morgan fingerprint density at radius 2 is 1.92 bits per heavy atom. The van der Waals surface area contributed by atoms with Crippen LogP contribution in [0.2, 0.25) is 0 Å². The average molecular weight is 325 g/mol. The fourth-order valence-electron chi connectivity index (χ4n) is 3.99. The van der Waals surface area contributed by atoms with Gasteiger partial charge in [-0.25, -0.2) is 0 Å². The second-order valence-corrected chi connectivity index (χ2v) is 6.46. The van der Waals surface area contributed by atoms with Crippen molar-refractivity contribution >= 4 is 5.69 Å². The van der Waals surface area contributed by atoms with E-state index in [4.69, 9.17) is 14.2 Å². The van der Waals surface area contributed by atoms with Crippen molar-refractivity contribution in [2.45, 2.75) is 30.9 Å². The second-order valence-electron chi connectivity index (χ2n) is 6.46. The number of methoxy groups -OCH3 is 2. The van der Waals surface area contributed by atoms with Crippen LogP contribution in [0, 0.1) is 0 Å². The fraction of sp³-hybridized carbons (Fsp3) is 0.400. The van der Waals surface area contributed by atoms with Crippen LogP contribution < -0.4 is 14.8 Å². The SMILES string of the molecule is COc1ccc(C[C@H]2OCC[C@H]3c4ccccc4N[C@H]23)cc1OC. The Morgan fingerprint density at radius 3 is 2.75 bits per heavy atom. The molecular formula is C20H23NO3. The van der Waals surface area contributed by atoms with E-state index in [1.807, 2.05) is 12.1 Å². The lowest BCUT2D eigenvalue weighted by Gasteiger charge is -2.34. The minimum atomic E-state index is 0.161. The Labute approximate surface area is 142 Å². The zero-order valence-corrected chi connectivity index (χ0v) is 14.1. The maximum Gasteiger partial charge on any atom is 0.160 e. The van der Waals surface area contributed by atoms with Crippen LogP contribution in [0.3, 0.4) is 0 Å². The first-order valence-corrected chi connectivity index (χ1v) is 8.48. The van der Waals surface area contributed by atoms with E-state index in [2.05, 4.69) is 35.6 Å². The summed E-state index contributed by atoms with van der Waals surface area (Å²) in [4.78, 5) is 0. The quantitative estimate of drug-likeness (QED) is 0.932. The predicted molar refractivity (Wildman–Crippen MR) is 94.2 cm³/mol. The molecule has 0 bridgehead atoms. The molecule has 24 heavy (non-hydrogen) atoms. The maximum atomic E-state index is 6.12. The first-order valence-electron chi connectivity index (χ1n) is 8.48. The largest absolute Gasteiger partial charge is 0.493 e. The number of hydrogen-bond donors (Lipinski definition) is 1.